The predicted octanol–water partition coefficient (Wildman–Crippen LogP) is 2.86. The normalized spacial score (nSPS) is 16.9. The summed E-state index contributed by atoms with van der Waals surface area (Å²) in [5.41, 5.74) is 1.14. The van der Waals surface area contributed by atoms with Gasteiger partial charge in [-0.2, -0.15) is 0 Å². The summed E-state index contributed by atoms with van der Waals surface area (Å²) in [5, 5.41) is 2.17. The summed E-state index contributed by atoms with van der Waals surface area (Å²) < 4.78 is 5.97. The lowest BCUT2D eigenvalue weighted by molar-refractivity contribution is -0.122. The Morgan fingerprint density at radius 3 is 2.61 bits per heavy atom. The lowest BCUT2D eigenvalue weighted by atomic mass is 10.1. The van der Waals surface area contributed by atoms with Crippen molar-refractivity contribution in [3.63, 3.8) is 0 Å². The fraction of sp³-hybridized carbons (Fsp3) is 0.0625. The third-order valence-electron chi connectivity index (χ3n) is 3.24. The molecule has 0 saturated carbocycles. The number of anilines is 1. The molecule has 4 amide bonds. The van der Waals surface area contributed by atoms with Crippen LogP contribution in [-0.4, -0.2) is 17.8 Å². The van der Waals surface area contributed by atoms with Crippen LogP contribution in [0.2, 0.25) is 0 Å². The second-order valence-electron chi connectivity index (χ2n) is 4.94. The Bertz CT molecular complexity index is 853. The van der Waals surface area contributed by atoms with Crippen molar-refractivity contribution in [2.75, 3.05) is 4.90 Å². The summed E-state index contributed by atoms with van der Waals surface area (Å²) in [6.45, 7) is 1.85. The predicted molar refractivity (Wildman–Crippen MR) is 91.6 cm³/mol. The molecule has 0 atom stereocenters. The highest BCUT2D eigenvalue weighted by molar-refractivity contribution is 14.1. The van der Waals surface area contributed by atoms with E-state index in [2.05, 4.69) is 5.32 Å². The van der Waals surface area contributed by atoms with E-state index in [-0.39, 0.29) is 5.57 Å². The molecule has 7 heteroatoms. The molecule has 0 unspecified atom stereocenters. The van der Waals surface area contributed by atoms with Crippen LogP contribution in [0.5, 0.6) is 0 Å². The summed E-state index contributed by atoms with van der Waals surface area (Å²) in [7, 11) is 0. The number of nitrogens with zero attached hydrogens (tertiary/aromatic N) is 1. The third-order valence-corrected chi connectivity index (χ3v) is 3.82. The summed E-state index contributed by atoms with van der Waals surface area (Å²) in [4.78, 5) is 37.6. The molecule has 23 heavy (non-hydrogen) atoms. The van der Waals surface area contributed by atoms with Crippen molar-refractivity contribution in [3.8, 4) is 0 Å². The minimum absolute atomic E-state index is 0.156. The van der Waals surface area contributed by atoms with E-state index < -0.39 is 17.8 Å². The van der Waals surface area contributed by atoms with Crippen molar-refractivity contribution in [1.29, 1.82) is 0 Å². The molecule has 3 rings (SSSR count). The largest absolute Gasteiger partial charge is 0.451 e. The van der Waals surface area contributed by atoms with Crippen LogP contribution in [-0.2, 0) is 9.59 Å². The van der Waals surface area contributed by atoms with Gasteiger partial charge in [0.15, 0.2) is 3.77 Å². The van der Waals surface area contributed by atoms with E-state index in [1.165, 1.54) is 6.08 Å². The maximum absolute atomic E-state index is 12.6. The minimum atomic E-state index is -0.767. The highest BCUT2D eigenvalue weighted by atomic mass is 127. The number of aryl methyl sites for hydroxylation is 1. The zero-order chi connectivity index (χ0) is 16.6. The van der Waals surface area contributed by atoms with E-state index >= 15 is 0 Å². The van der Waals surface area contributed by atoms with Gasteiger partial charge in [0.25, 0.3) is 11.8 Å². The van der Waals surface area contributed by atoms with Crippen LogP contribution >= 0.6 is 22.6 Å². The number of imide groups is 2. The Balaban J connectivity index is 2.02. The molecule has 116 valence electrons. The maximum atomic E-state index is 12.6. The maximum Gasteiger partial charge on any atom is 0.335 e. The molecule has 0 aliphatic carbocycles. The first-order chi connectivity index (χ1) is 11.0. The van der Waals surface area contributed by atoms with Crippen LogP contribution in [0.15, 0.2) is 46.4 Å². The van der Waals surface area contributed by atoms with Gasteiger partial charge in [0, 0.05) is 0 Å². The summed E-state index contributed by atoms with van der Waals surface area (Å²) >= 11 is 1.98. The average Bonchev–Trinajstić information content (AvgIpc) is 2.89. The topological polar surface area (TPSA) is 79.6 Å². The van der Waals surface area contributed by atoms with Crippen LogP contribution in [0.4, 0.5) is 10.5 Å². The highest BCUT2D eigenvalue weighted by Gasteiger charge is 2.37. The number of hydrogen-bond donors (Lipinski definition) is 1. The van der Waals surface area contributed by atoms with Crippen molar-refractivity contribution in [2.24, 2.45) is 0 Å². The first-order valence-corrected chi connectivity index (χ1v) is 7.77. The van der Waals surface area contributed by atoms with E-state index in [4.69, 9.17) is 4.42 Å². The number of carbonyl (C=O) groups is 3. The molecule has 1 saturated heterocycles. The van der Waals surface area contributed by atoms with Crippen LogP contribution in [0.25, 0.3) is 6.08 Å². The molecule has 1 aromatic heterocycles. The second-order valence-corrected chi connectivity index (χ2v) is 6.00. The number of furan rings is 1. The van der Waals surface area contributed by atoms with Crippen LogP contribution < -0.4 is 10.2 Å². The van der Waals surface area contributed by atoms with Gasteiger partial charge in [-0.1, -0.05) is 12.1 Å². The summed E-state index contributed by atoms with van der Waals surface area (Å²) in [5.74, 6) is -1.06. The van der Waals surface area contributed by atoms with Crippen LogP contribution in [0.3, 0.4) is 0 Å². The Kier molecular flexibility index (Phi) is 4.03. The Hall–Kier alpha value is -2.42. The van der Waals surface area contributed by atoms with Gasteiger partial charge in [0.2, 0.25) is 0 Å². The van der Waals surface area contributed by atoms with Crippen molar-refractivity contribution in [1.82, 2.24) is 5.32 Å². The SMILES string of the molecule is Cc1cccc(N2C(=O)NC(=O)/C(=C\c3ccc(I)o3)C2=O)c1. The van der Waals surface area contributed by atoms with E-state index in [0.29, 0.717) is 15.2 Å². The number of hydrogen-bond acceptors (Lipinski definition) is 4. The van der Waals surface area contributed by atoms with Crippen molar-refractivity contribution < 1.29 is 18.8 Å². The van der Waals surface area contributed by atoms with Gasteiger partial charge in [-0.3, -0.25) is 14.9 Å². The summed E-state index contributed by atoms with van der Waals surface area (Å²) in [6.07, 6.45) is 1.33. The zero-order valence-electron chi connectivity index (χ0n) is 12.0. The van der Waals surface area contributed by atoms with Gasteiger partial charge in [0.05, 0.1) is 5.69 Å². The lowest BCUT2D eigenvalue weighted by Crippen LogP contribution is -2.54. The molecular weight excluding hydrogens is 411 g/mol. The molecule has 2 aromatic rings. The first-order valence-electron chi connectivity index (χ1n) is 6.69. The van der Waals surface area contributed by atoms with E-state index in [1.54, 1.807) is 30.3 Å². The molecule has 0 bridgehead atoms. The van der Waals surface area contributed by atoms with E-state index in [9.17, 15) is 14.4 Å². The Morgan fingerprint density at radius 2 is 1.96 bits per heavy atom. The Labute approximate surface area is 145 Å². The zero-order valence-corrected chi connectivity index (χ0v) is 14.2. The molecule has 0 spiro atoms. The van der Waals surface area contributed by atoms with Gasteiger partial charge in [-0.15, -0.1) is 0 Å². The number of rotatable bonds is 2. The second kappa shape index (κ2) is 5.99. The standard InChI is InChI=1S/C16H11IN2O4/c1-9-3-2-4-10(7-9)19-15(21)12(14(20)18-16(19)22)8-11-5-6-13(17)23-11/h2-8H,1H3,(H,18,20,22)/b12-8+. The minimum Gasteiger partial charge on any atom is -0.451 e. The number of urea groups is 1. The molecule has 1 fully saturated rings. The molecule has 1 N–H and O–H groups in total. The molecule has 1 aliphatic heterocycles. The molecule has 6 nitrogen and oxygen atoms in total. The molecule has 1 aliphatic rings. The third kappa shape index (κ3) is 3.04. The molecule has 0 radical (unpaired) electrons. The van der Waals surface area contributed by atoms with Crippen molar-refractivity contribution >= 4 is 52.2 Å². The molecule has 2 heterocycles. The van der Waals surface area contributed by atoms with Gasteiger partial charge < -0.3 is 4.42 Å². The quantitative estimate of drug-likeness (QED) is 0.459. The average molecular weight is 422 g/mol. The number of carbonyl (C=O) groups excluding carboxylic acids is 3. The number of benzene rings is 1. The van der Waals surface area contributed by atoms with Crippen LogP contribution in [0.1, 0.15) is 11.3 Å². The monoisotopic (exact) mass is 422 g/mol. The van der Waals surface area contributed by atoms with Gasteiger partial charge in [0.1, 0.15) is 11.3 Å². The van der Waals surface area contributed by atoms with Crippen molar-refractivity contribution in [3.05, 3.63) is 57.1 Å². The van der Waals surface area contributed by atoms with Gasteiger partial charge >= 0.3 is 6.03 Å². The van der Waals surface area contributed by atoms with Crippen LogP contribution in [0, 0.1) is 10.7 Å². The Morgan fingerprint density at radius 1 is 1.17 bits per heavy atom. The van der Waals surface area contributed by atoms with Crippen molar-refractivity contribution in [2.45, 2.75) is 6.92 Å². The fourth-order valence-corrected chi connectivity index (χ4v) is 2.64. The van der Waals surface area contributed by atoms with Gasteiger partial charge in [-0.05, 0) is 65.4 Å². The van der Waals surface area contributed by atoms with Gasteiger partial charge in [-0.25, -0.2) is 9.69 Å². The van der Waals surface area contributed by atoms with E-state index in [0.717, 1.165) is 10.5 Å². The molecule has 1 aromatic carbocycles. The first kappa shape index (κ1) is 15.5. The smallest absolute Gasteiger partial charge is 0.335 e. The fourth-order valence-electron chi connectivity index (χ4n) is 2.21. The molecular formula is C16H11IN2O4. The number of halogens is 1. The lowest BCUT2D eigenvalue weighted by Gasteiger charge is -2.26. The number of amides is 4. The highest BCUT2D eigenvalue weighted by Crippen LogP contribution is 2.23. The van der Waals surface area contributed by atoms with E-state index in [1.807, 2.05) is 35.6 Å². The summed E-state index contributed by atoms with van der Waals surface area (Å²) in [6, 6.07) is 9.50. The number of barbiturate groups is 1. The number of nitrogens with one attached hydrogen (secondary N) is 1.